The molecule has 0 radical (unpaired) electrons. The smallest absolute Gasteiger partial charge is 0.223 e. The van der Waals surface area contributed by atoms with Gasteiger partial charge in [0.2, 0.25) is 5.95 Å². The average Bonchev–Trinajstić information content (AvgIpc) is 2.37. The van der Waals surface area contributed by atoms with Crippen LogP contribution in [0.15, 0.2) is 24.3 Å². The summed E-state index contributed by atoms with van der Waals surface area (Å²) >= 11 is 0. The summed E-state index contributed by atoms with van der Waals surface area (Å²) in [7, 11) is 0. The summed E-state index contributed by atoms with van der Waals surface area (Å²) in [6.45, 7) is 8.32. The van der Waals surface area contributed by atoms with E-state index in [9.17, 15) is 0 Å². The molecule has 4 heteroatoms. The molecule has 1 aromatic carbocycles. The quantitative estimate of drug-likeness (QED) is 0.897. The Morgan fingerprint density at radius 1 is 1.00 bits per heavy atom. The fraction of sp³-hybridized carbons (Fsp3) is 0.400. The van der Waals surface area contributed by atoms with Crippen molar-refractivity contribution in [3.63, 3.8) is 0 Å². The van der Waals surface area contributed by atoms with Crippen molar-refractivity contribution < 1.29 is 0 Å². The molecule has 0 saturated heterocycles. The first kappa shape index (κ1) is 13.5. The molecule has 2 rings (SSSR count). The van der Waals surface area contributed by atoms with Gasteiger partial charge in [0.25, 0.3) is 0 Å². The van der Waals surface area contributed by atoms with E-state index in [-0.39, 0.29) is 11.4 Å². The van der Waals surface area contributed by atoms with Crippen molar-refractivity contribution in [2.75, 3.05) is 5.73 Å². The summed E-state index contributed by atoms with van der Waals surface area (Å²) in [6.07, 6.45) is 1.02. The van der Waals surface area contributed by atoms with Crippen molar-refractivity contribution in [1.82, 2.24) is 15.0 Å². The zero-order valence-electron chi connectivity index (χ0n) is 11.9. The van der Waals surface area contributed by atoms with E-state index in [2.05, 4.69) is 54.8 Å². The van der Waals surface area contributed by atoms with E-state index in [4.69, 9.17) is 5.73 Å². The molecule has 100 valence electrons. The van der Waals surface area contributed by atoms with Crippen LogP contribution in [0.2, 0.25) is 0 Å². The van der Waals surface area contributed by atoms with E-state index in [1.807, 2.05) is 12.1 Å². The van der Waals surface area contributed by atoms with Crippen LogP contribution in [0.3, 0.4) is 0 Å². The second-order valence-electron chi connectivity index (χ2n) is 5.64. The molecule has 4 nitrogen and oxygen atoms in total. The highest BCUT2D eigenvalue weighted by Gasteiger charge is 2.19. The summed E-state index contributed by atoms with van der Waals surface area (Å²) in [6, 6.07) is 8.23. The molecule has 2 N–H and O–H groups in total. The van der Waals surface area contributed by atoms with Crippen LogP contribution >= 0.6 is 0 Å². The number of benzene rings is 1. The minimum absolute atomic E-state index is 0.144. The van der Waals surface area contributed by atoms with E-state index >= 15 is 0 Å². The van der Waals surface area contributed by atoms with Crippen molar-refractivity contribution in [1.29, 1.82) is 0 Å². The van der Waals surface area contributed by atoms with Crippen LogP contribution in [0.4, 0.5) is 5.95 Å². The average molecular weight is 256 g/mol. The Bertz CT molecular complexity index is 568. The van der Waals surface area contributed by atoms with Gasteiger partial charge in [0.15, 0.2) is 5.82 Å². The lowest BCUT2D eigenvalue weighted by Gasteiger charge is -2.17. The highest BCUT2D eigenvalue weighted by Crippen LogP contribution is 2.22. The van der Waals surface area contributed by atoms with Gasteiger partial charge in [-0.15, -0.1) is 0 Å². The van der Waals surface area contributed by atoms with E-state index in [0.29, 0.717) is 5.82 Å². The molecule has 0 saturated carbocycles. The van der Waals surface area contributed by atoms with Gasteiger partial charge < -0.3 is 5.73 Å². The Labute approximate surface area is 114 Å². The second-order valence-corrected chi connectivity index (χ2v) is 5.64. The Kier molecular flexibility index (Phi) is 3.51. The van der Waals surface area contributed by atoms with Crippen LogP contribution < -0.4 is 5.73 Å². The molecule has 0 aliphatic carbocycles. The van der Waals surface area contributed by atoms with Gasteiger partial charge in [-0.3, -0.25) is 0 Å². The minimum Gasteiger partial charge on any atom is -0.368 e. The van der Waals surface area contributed by atoms with Gasteiger partial charge in [-0.2, -0.15) is 9.97 Å². The predicted molar refractivity (Wildman–Crippen MR) is 77.8 cm³/mol. The Morgan fingerprint density at radius 3 is 2.16 bits per heavy atom. The van der Waals surface area contributed by atoms with E-state index < -0.39 is 0 Å². The Hall–Kier alpha value is -1.97. The molecular weight excluding hydrogens is 236 g/mol. The number of hydrogen-bond acceptors (Lipinski definition) is 4. The molecule has 0 spiro atoms. The third kappa shape index (κ3) is 3.08. The molecule has 0 amide bonds. The molecule has 0 fully saturated rings. The summed E-state index contributed by atoms with van der Waals surface area (Å²) in [5.41, 5.74) is 7.91. The lowest BCUT2D eigenvalue weighted by Crippen LogP contribution is -2.18. The zero-order chi connectivity index (χ0) is 14.0. The number of nitrogens with zero attached hydrogens (tertiary/aromatic N) is 3. The third-order valence-electron chi connectivity index (χ3n) is 2.94. The lowest BCUT2D eigenvalue weighted by atomic mass is 9.96. The Morgan fingerprint density at radius 2 is 1.63 bits per heavy atom. The molecule has 1 aromatic heterocycles. The first-order chi connectivity index (χ1) is 8.90. The van der Waals surface area contributed by atoms with E-state index in [0.717, 1.165) is 17.8 Å². The molecular formula is C15H20N4. The van der Waals surface area contributed by atoms with Crippen molar-refractivity contribution in [3.05, 3.63) is 35.7 Å². The first-order valence-electron chi connectivity index (χ1n) is 6.51. The predicted octanol–water partition coefficient (Wildman–Crippen LogP) is 2.98. The molecule has 19 heavy (non-hydrogen) atoms. The number of hydrogen-bond donors (Lipinski definition) is 1. The number of aromatic nitrogens is 3. The maximum absolute atomic E-state index is 5.79. The van der Waals surface area contributed by atoms with E-state index in [1.165, 1.54) is 5.56 Å². The second kappa shape index (κ2) is 4.96. The zero-order valence-corrected chi connectivity index (χ0v) is 11.9. The van der Waals surface area contributed by atoms with Crippen LogP contribution in [-0.4, -0.2) is 15.0 Å². The fourth-order valence-electron chi connectivity index (χ4n) is 1.75. The lowest BCUT2D eigenvalue weighted by molar-refractivity contribution is 0.544. The fourth-order valence-corrected chi connectivity index (χ4v) is 1.75. The highest BCUT2D eigenvalue weighted by molar-refractivity contribution is 5.56. The third-order valence-corrected chi connectivity index (χ3v) is 2.94. The molecule has 0 aliphatic heterocycles. The number of rotatable bonds is 2. The monoisotopic (exact) mass is 256 g/mol. The van der Waals surface area contributed by atoms with Crippen molar-refractivity contribution in [3.8, 4) is 11.4 Å². The summed E-state index contributed by atoms with van der Waals surface area (Å²) < 4.78 is 0. The maximum atomic E-state index is 5.79. The van der Waals surface area contributed by atoms with Crippen molar-refractivity contribution in [2.24, 2.45) is 0 Å². The van der Waals surface area contributed by atoms with Gasteiger partial charge in [-0.1, -0.05) is 52.0 Å². The van der Waals surface area contributed by atoms with Gasteiger partial charge in [-0.05, 0) is 12.0 Å². The normalized spacial score (nSPS) is 11.6. The molecule has 1 heterocycles. The first-order valence-corrected chi connectivity index (χ1v) is 6.51. The van der Waals surface area contributed by atoms with Crippen LogP contribution in [-0.2, 0) is 11.8 Å². The van der Waals surface area contributed by atoms with Crippen LogP contribution in [0, 0.1) is 0 Å². The van der Waals surface area contributed by atoms with Crippen molar-refractivity contribution in [2.45, 2.75) is 39.5 Å². The van der Waals surface area contributed by atoms with Gasteiger partial charge in [0, 0.05) is 11.0 Å². The molecule has 0 atom stereocenters. The molecule has 0 aliphatic rings. The van der Waals surface area contributed by atoms with Gasteiger partial charge in [-0.25, -0.2) is 4.98 Å². The number of nitrogens with two attached hydrogens (primary N) is 1. The summed E-state index contributed by atoms with van der Waals surface area (Å²) in [4.78, 5) is 13.0. The topological polar surface area (TPSA) is 64.7 Å². The SMILES string of the molecule is CCc1ccc(-c2nc(N)nc(C(C)(C)C)n2)cc1. The number of anilines is 1. The summed E-state index contributed by atoms with van der Waals surface area (Å²) in [5.74, 6) is 1.63. The molecule has 2 aromatic rings. The largest absolute Gasteiger partial charge is 0.368 e. The minimum atomic E-state index is -0.144. The van der Waals surface area contributed by atoms with Crippen LogP contribution in [0.1, 0.15) is 39.1 Å². The number of aryl methyl sites for hydroxylation is 1. The van der Waals surface area contributed by atoms with Crippen LogP contribution in [0.5, 0.6) is 0 Å². The highest BCUT2D eigenvalue weighted by atomic mass is 15.1. The molecule has 0 unspecified atom stereocenters. The van der Waals surface area contributed by atoms with E-state index in [1.54, 1.807) is 0 Å². The maximum Gasteiger partial charge on any atom is 0.223 e. The van der Waals surface area contributed by atoms with Crippen molar-refractivity contribution >= 4 is 5.95 Å². The standard InChI is InChI=1S/C15H20N4/c1-5-10-6-8-11(9-7-10)12-17-13(15(2,3)4)19-14(16)18-12/h6-9H,5H2,1-4H3,(H2,16,17,18,19). The van der Waals surface area contributed by atoms with Gasteiger partial charge >= 0.3 is 0 Å². The van der Waals surface area contributed by atoms with Gasteiger partial charge in [0.1, 0.15) is 5.82 Å². The summed E-state index contributed by atoms with van der Waals surface area (Å²) in [5, 5.41) is 0. The number of nitrogen functional groups attached to an aromatic ring is 1. The molecule has 0 bridgehead atoms. The Balaban J connectivity index is 2.46. The van der Waals surface area contributed by atoms with Gasteiger partial charge in [0.05, 0.1) is 0 Å². The van der Waals surface area contributed by atoms with Crippen LogP contribution in [0.25, 0.3) is 11.4 Å².